The molecule has 3 aromatic heterocycles. The average molecular weight is 353 g/mol. The number of halogens is 1. The van der Waals surface area contributed by atoms with Gasteiger partial charge in [-0.1, -0.05) is 17.7 Å². The normalized spacial score (nSPS) is 16.1. The van der Waals surface area contributed by atoms with Crippen molar-refractivity contribution < 1.29 is 0 Å². The second kappa shape index (κ2) is 5.74. The van der Waals surface area contributed by atoms with E-state index in [1.165, 1.54) is 0 Å². The number of aromatic amines is 1. The lowest BCUT2D eigenvalue weighted by molar-refractivity contribution is 0.481. The molecule has 4 heterocycles. The maximum atomic E-state index is 6.09. The molecule has 0 saturated carbocycles. The Kier molecular flexibility index (Phi) is 3.38. The molecule has 0 bridgehead atoms. The summed E-state index contributed by atoms with van der Waals surface area (Å²) in [5.74, 6) is 3.29. The molecule has 1 fully saturated rings. The van der Waals surface area contributed by atoms with E-state index in [1.54, 1.807) is 0 Å². The minimum Gasteiger partial charge on any atom is -0.357 e. The fraction of sp³-hybridized carbons (Fsp3) is 0.278. The minimum atomic E-state index is 0.404. The Morgan fingerprint density at radius 2 is 2.00 bits per heavy atom. The first-order chi connectivity index (χ1) is 12.3. The van der Waals surface area contributed by atoms with Gasteiger partial charge in [-0.3, -0.25) is 4.40 Å². The van der Waals surface area contributed by atoms with Crippen molar-refractivity contribution >= 4 is 34.2 Å². The van der Waals surface area contributed by atoms with Crippen molar-refractivity contribution in [2.45, 2.75) is 18.8 Å². The summed E-state index contributed by atoms with van der Waals surface area (Å²) in [4.78, 5) is 11.4. The lowest BCUT2D eigenvalue weighted by Crippen LogP contribution is -2.33. The van der Waals surface area contributed by atoms with E-state index in [2.05, 4.69) is 35.5 Å². The highest BCUT2D eigenvalue weighted by molar-refractivity contribution is 6.31. The third kappa shape index (κ3) is 2.44. The second-order valence-electron chi connectivity index (χ2n) is 6.43. The number of nitrogens with one attached hydrogen (secondary N) is 1. The highest BCUT2D eigenvalue weighted by Gasteiger charge is 2.26. The van der Waals surface area contributed by atoms with Gasteiger partial charge in [0.2, 0.25) is 5.78 Å². The lowest BCUT2D eigenvalue weighted by atomic mass is 9.96. The van der Waals surface area contributed by atoms with Gasteiger partial charge >= 0.3 is 0 Å². The molecule has 1 saturated heterocycles. The van der Waals surface area contributed by atoms with Gasteiger partial charge in [0, 0.05) is 30.2 Å². The Bertz CT molecular complexity index is 1030. The molecular formula is C18H17ClN6. The zero-order chi connectivity index (χ0) is 16.8. The summed E-state index contributed by atoms with van der Waals surface area (Å²) in [6, 6.07) is 11.9. The first-order valence-electron chi connectivity index (χ1n) is 8.47. The Morgan fingerprint density at radius 1 is 1.12 bits per heavy atom. The van der Waals surface area contributed by atoms with Crippen LogP contribution in [0.25, 0.3) is 16.8 Å². The van der Waals surface area contributed by atoms with E-state index in [-0.39, 0.29) is 0 Å². The zero-order valence-corrected chi connectivity index (χ0v) is 14.3. The van der Waals surface area contributed by atoms with E-state index >= 15 is 0 Å². The van der Waals surface area contributed by atoms with Crippen molar-refractivity contribution in [2.75, 3.05) is 18.0 Å². The predicted molar refractivity (Wildman–Crippen MR) is 98.3 cm³/mol. The fourth-order valence-corrected chi connectivity index (χ4v) is 3.87. The van der Waals surface area contributed by atoms with Gasteiger partial charge in [-0.25, -0.2) is 15.1 Å². The molecule has 1 aliphatic rings. The Hall–Kier alpha value is -2.60. The number of rotatable bonds is 2. The highest BCUT2D eigenvalue weighted by Crippen LogP contribution is 2.31. The summed E-state index contributed by atoms with van der Waals surface area (Å²) < 4.78 is 2.13. The summed E-state index contributed by atoms with van der Waals surface area (Å²) in [6.07, 6.45) is 3.94. The maximum Gasteiger partial charge on any atom is 0.230 e. The number of nitrogens with zero attached hydrogens (tertiary/aromatic N) is 5. The molecule has 0 unspecified atom stereocenters. The van der Waals surface area contributed by atoms with Crippen LogP contribution in [0, 0.1) is 0 Å². The Morgan fingerprint density at radius 3 is 2.80 bits per heavy atom. The average Bonchev–Trinajstić information content (AvgIpc) is 3.21. The van der Waals surface area contributed by atoms with Gasteiger partial charge < -0.3 is 4.90 Å². The van der Waals surface area contributed by atoms with Crippen LogP contribution in [0.4, 0.5) is 5.82 Å². The number of hydrogen-bond donors (Lipinski definition) is 1. The van der Waals surface area contributed by atoms with E-state index in [4.69, 9.17) is 11.6 Å². The third-order valence-electron chi connectivity index (χ3n) is 4.95. The summed E-state index contributed by atoms with van der Waals surface area (Å²) in [5.41, 5.74) is 1.95. The van der Waals surface area contributed by atoms with Crippen molar-refractivity contribution in [3.63, 3.8) is 0 Å². The Labute approximate surface area is 149 Å². The molecule has 0 radical (unpaired) electrons. The van der Waals surface area contributed by atoms with Crippen LogP contribution in [0.5, 0.6) is 0 Å². The van der Waals surface area contributed by atoms with Crippen LogP contribution in [-0.2, 0) is 0 Å². The number of piperidine rings is 1. The number of aromatic nitrogens is 5. The topological polar surface area (TPSA) is 62.1 Å². The molecule has 1 N–H and O–H groups in total. The summed E-state index contributed by atoms with van der Waals surface area (Å²) >= 11 is 6.09. The quantitative estimate of drug-likeness (QED) is 0.598. The van der Waals surface area contributed by atoms with Gasteiger partial charge in [0.1, 0.15) is 11.6 Å². The number of fused-ring (bicyclic) bond motifs is 3. The number of pyridine rings is 1. The van der Waals surface area contributed by atoms with Gasteiger partial charge in [-0.05, 0) is 43.2 Å². The molecule has 1 aromatic carbocycles. The minimum absolute atomic E-state index is 0.404. The van der Waals surface area contributed by atoms with Crippen LogP contribution < -0.4 is 4.90 Å². The third-order valence-corrected chi connectivity index (χ3v) is 5.18. The fourth-order valence-electron chi connectivity index (χ4n) is 3.70. The first kappa shape index (κ1) is 14.7. The van der Waals surface area contributed by atoms with E-state index < -0.39 is 0 Å². The van der Waals surface area contributed by atoms with Crippen molar-refractivity contribution in [1.82, 2.24) is 24.6 Å². The molecule has 1 aliphatic heterocycles. The standard InChI is InChI=1S/C18H17ClN6/c19-13-4-5-15-14(11-13)21-18-23-22-17(25(15)18)12-6-9-24(10-7-12)16-3-1-2-8-20-16/h1-5,8,11-12H,6-7,9-10H2,(H,21,23). The monoisotopic (exact) mass is 352 g/mol. The van der Waals surface area contributed by atoms with E-state index in [0.717, 1.165) is 54.4 Å². The number of benzene rings is 1. The van der Waals surface area contributed by atoms with Crippen LogP contribution in [-0.4, -0.2) is 37.7 Å². The van der Waals surface area contributed by atoms with Crippen molar-refractivity contribution in [3.8, 4) is 0 Å². The van der Waals surface area contributed by atoms with Crippen LogP contribution in [0.1, 0.15) is 24.6 Å². The molecule has 0 amide bonds. The van der Waals surface area contributed by atoms with Gasteiger partial charge in [-0.2, -0.15) is 5.10 Å². The zero-order valence-electron chi connectivity index (χ0n) is 13.6. The van der Waals surface area contributed by atoms with Gasteiger partial charge in [0.25, 0.3) is 0 Å². The summed E-state index contributed by atoms with van der Waals surface area (Å²) in [6.45, 7) is 1.96. The number of hydrogen-bond acceptors (Lipinski definition) is 4. The molecular weight excluding hydrogens is 336 g/mol. The maximum absolute atomic E-state index is 6.09. The summed E-state index contributed by atoms with van der Waals surface area (Å²) in [5, 5.41) is 8.33. The van der Waals surface area contributed by atoms with Crippen molar-refractivity contribution in [1.29, 1.82) is 0 Å². The van der Waals surface area contributed by atoms with Crippen LogP contribution >= 0.6 is 11.6 Å². The molecule has 0 spiro atoms. The van der Waals surface area contributed by atoms with Crippen LogP contribution in [0.15, 0.2) is 42.6 Å². The first-order valence-corrected chi connectivity index (χ1v) is 8.85. The lowest BCUT2D eigenvalue weighted by Gasteiger charge is -2.32. The van der Waals surface area contributed by atoms with Crippen molar-refractivity contribution in [2.24, 2.45) is 0 Å². The summed E-state index contributed by atoms with van der Waals surface area (Å²) in [7, 11) is 0. The van der Waals surface area contributed by atoms with Gasteiger partial charge in [0.05, 0.1) is 11.0 Å². The molecule has 6 nitrogen and oxygen atoms in total. The molecule has 4 aromatic rings. The number of H-pyrrole nitrogens is 1. The molecule has 0 atom stereocenters. The molecule has 0 aliphatic carbocycles. The Balaban J connectivity index is 1.45. The SMILES string of the molecule is Clc1ccc2c(c1)nc1[nH]nc(C3CCN(c4ccccn4)CC3)n12. The van der Waals surface area contributed by atoms with Gasteiger partial charge in [-0.15, -0.1) is 0 Å². The smallest absolute Gasteiger partial charge is 0.230 e. The molecule has 25 heavy (non-hydrogen) atoms. The van der Waals surface area contributed by atoms with E-state index in [1.807, 2.05) is 36.5 Å². The largest absolute Gasteiger partial charge is 0.357 e. The van der Waals surface area contributed by atoms with Crippen LogP contribution in [0.3, 0.4) is 0 Å². The number of imidazole rings is 1. The molecule has 5 rings (SSSR count). The highest BCUT2D eigenvalue weighted by atomic mass is 35.5. The molecule has 7 heteroatoms. The van der Waals surface area contributed by atoms with Crippen molar-refractivity contribution in [3.05, 3.63) is 53.4 Å². The van der Waals surface area contributed by atoms with E-state index in [0.29, 0.717) is 10.9 Å². The second-order valence-corrected chi connectivity index (χ2v) is 6.87. The number of anilines is 1. The predicted octanol–water partition coefficient (Wildman–Crippen LogP) is 3.64. The van der Waals surface area contributed by atoms with E-state index in [9.17, 15) is 0 Å². The molecule has 126 valence electrons. The van der Waals surface area contributed by atoms with Crippen LogP contribution in [0.2, 0.25) is 5.02 Å². The van der Waals surface area contributed by atoms with Gasteiger partial charge in [0.15, 0.2) is 0 Å².